The lowest BCUT2D eigenvalue weighted by molar-refractivity contribution is 0.0158. The van der Waals surface area contributed by atoms with Crippen LogP contribution in [0.4, 0.5) is 5.95 Å². The van der Waals surface area contributed by atoms with Crippen LogP contribution in [0.3, 0.4) is 0 Å². The van der Waals surface area contributed by atoms with Gasteiger partial charge in [0, 0.05) is 19.1 Å². The number of benzene rings is 1. The van der Waals surface area contributed by atoms with Crippen LogP contribution < -0.4 is 10.6 Å². The monoisotopic (exact) mass is 370 g/mol. The van der Waals surface area contributed by atoms with Gasteiger partial charge in [-0.1, -0.05) is 35.4 Å². The Balaban J connectivity index is 1.34. The highest BCUT2D eigenvalue weighted by atomic mass is 16.5. The van der Waals surface area contributed by atoms with Crippen molar-refractivity contribution in [3.05, 3.63) is 35.9 Å². The first-order valence-corrected chi connectivity index (χ1v) is 10.1. The largest absolute Gasteiger partial charge is 0.376 e. The van der Waals surface area contributed by atoms with Crippen LogP contribution in [0.2, 0.25) is 0 Å². The maximum absolute atomic E-state index is 6.43. The summed E-state index contributed by atoms with van der Waals surface area (Å²) in [6.07, 6.45) is 5.87. The smallest absolute Gasteiger partial charge is 0.245 e. The molecule has 0 amide bonds. The van der Waals surface area contributed by atoms with Gasteiger partial charge in [-0.15, -0.1) is 0 Å². The van der Waals surface area contributed by atoms with E-state index in [-0.39, 0.29) is 12.1 Å². The lowest BCUT2D eigenvalue weighted by atomic mass is 9.83. The Labute approximate surface area is 160 Å². The van der Waals surface area contributed by atoms with Gasteiger partial charge in [0.2, 0.25) is 5.95 Å². The summed E-state index contributed by atoms with van der Waals surface area (Å²) in [6.45, 7) is 2.82. The first kappa shape index (κ1) is 18.4. The fraction of sp³-hybridized carbons (Fsp3) is 0.650. The minimum absolute atomic E-state index is 0.0809. The number of tetrazole rings is 1. The van der Waals surface area contributed by atoms with Crippen molar-refractivity contribution in [1.29, 1.82) is 0 Å². The fourth-order valence-corrected chi connectivity index (χ4v) is 4.71. The van der Waals surface area contributed by atoms with E-state index < -0.39 is 0 Å². The number of anilines is 1. The molecule has 1 saturated heterocycles. The summed E-state index contributed by atoms with van der Waals surface area (Å²) in [5, 5.41) is 11.9. The van der Waals surface area contributed by atoms with E-state index in [1.54, 1.807) is 4.68 Å². The Hall–Kier alpha value is -1.99. The maximum atomic E-state index is 6.43. The van der Waals surface area contributed by atoms with Crippen molar-refractivity contribution in [2.24, 2.45) is 12.8 Å². The molecule has 1 unspecified atom stereocenters. The van der Waals surface area contributed by atoms with Crippen molar-refractivity contribution in [3.63, 3.8) is 0 Å². The molecule has 2 N–H and O–H groups in total. The maximum Gasteiger partial charge on any atom is 0.245 e. The standard InChI is InChI=1S/C20H30N6O/c1-14-12-18(21)19(26(14)20-22-23-24-25(20)2)13-27-17-10-8-16(9-11-17)15-6-4-3-5-7-15/h3-7,14,16-19H,8-13,21H2,1-2H3/t14-,16-,17+,18?,19+/m1/s1. The van der Waals surface area contributed by atoms with Gasteiger partial charge >= 0.3 is 0 Å². The van der Waals surface area contributed by atoms with Gasteiger partial charge < -0.3 is 15.4 Å². The Kier molecular flexibility index (Phi) is 5.41. The van der Waals surface area contributed by atoms with Crippen LogP contribution in [0.1, 0.15) is 50.5 Å². The second-order valence-corrected chi connectivity index (χ2v) is 8.04. The quantitative estimate of drug-likeness (QED) is 0.869. The van der Waals surface area contributed by atoms with Crippen molar-refractivity contribution < 1.29 is 4.74 Å². The molecule has 1 aromatic carbocycles. The number of nitrogens with two attached hydrogens (primary N) is 1. The first-order valence-electron chi connectivity index (χ1n) is 10.1. The number of ether oxygens (including phenoxy) is 1. The Morgan fingerprint density at radius 2 is 1.89 bits per heavy atom. The molecule has 2 aromatic rings. The average Bonchev–Trinajstić information content (AvgIpc) is 3.22. The number of aryl methyl sites for hydroxylation is 1. The second kappa shape index (κ2) is 7.94. The number of nitrogens with zero attached hydrogens (tertiary/aromatic N) is 5. The van der Waals surface area contributed by atoms with Crippen LogP contribution in [-0.2, 0) is 11.8 Å². The zero-order valence-corrected chi connectivity index (χ0v) is 16.2. The Morgan fingerprint density at radius 1 is 1.15 bits per heavy atom. The molecule has 4 rings (SSSR count). The molecule has 1 aromatic heterocycles. The highest BCUT2D eigenvalue weighted by molar-refractivity contribution is 5.36. The van der Waals surface area contributed by atoms with Gasteiger partial charge in [0.1, 0.15) is 0 Å². The molecule has 7 nitrogen and oxygen atoms in total. The van der Waals surface area contributed by atoms with Gasteiger partial charge in [0.25, 0.3) is 0 Å². The molecule has 3 atom stereocenters. The summed E-state index contributed by atoms with van der Waals surface area (Å²) in [7, 11) is 1.87. The van der Waals surface area contributed by atoms with Crippen LogP contribution in [0, 0.1) is 0 Å². The van der Waals surface area contributed by atoms with Gasteiger partial charge in [-0.2, -0.15) is 0 Å². The van der Waals surface area contributed by atoms with E-state index in [4.69, 9.17) is 10.5 Å². The highest BCUT2D eigenvalue weighted by Gasteiger charge is 2.40. The first-order chi connectivity index (χ1) is 13.1. The summed E-state index contributed by atoms with van der Waals surface area (Å²) in [5.41, 5.74) is 7.89. The summed E-state index contributed by atoms with van der Waals surface area (Å²) in [4.78, 5) is 2.24. The predicted octanol–water partition coefficient (Wildman–Crippen LogP) is 2.25. The summed E-state index contributed by atoms with van der Waals surface area (Å²) < 4.78 is 8.05. The van der Waals surface area contributed by atoms with Crippen LogP contribution in [0.25, 0.3) is 0 Å². The lowest BCUT2D eigenvalue weighted by Crippen LogP contribution is -2.46. The number of aromatic nitrogens is 4. The zero-order valence-electron chi connectivity index (χ0n) is 16.2. The SMILES string of the molecule is C[C@@H]1CC(N)[C@H](CO[C@H]2CC[C@@H](c3ccccc3)CC2)N1c1nnnn1C. The molecule has 2 heterocycles. The van der Waals surface area contributed by atoms with E-state index in [2.05, 4.69) is 57.7 Å². The molecule has 2 fully saturated rings. The summed E-state index contributed by atoms with van der Waals surface area (Å²) in [5.74, 6) is 1.44. The van der Waals surface area contributed by atoms with Gasteiger partial charge in [0.05, 0.1) is 18.8 Å². The van der Waals surface area contributed by atoms with Crippen molar-refractivity contribution in [2.45, 2.75) is 69.2 Å². The molecule has 7 heteroatoms. The molecule has 146 valence electrons. The number of hydrogen-bond donors (Lipinski definition) is 1. The molecule has 0 bridgehead atoms. The van der Waals surface area contributed by atoms with E-state index in [0.29, 0.717) is 24.7 Å². The van der Waals surface area contributed by atoms with E-state index in [1.807, 2.05) is 7.05 Å². The molecule has 0 radical (unpaired) electrons. The van der Waals surface area contributed by atoms with Crippen molar-refractivity contribution in [3.8, 4) is 0 Å². The summed E-state index contributed by atoms with van der Waals surface area (Å²) >= 11 is 0. The van der Waals surface area contributed by atoms with Gasteiger partial charge in [0.15, 0.2) is 0 Å². The van der Waals surface area contributed by atoms with Crippen LogP contribution in [-0.4, -0.2) is 51.0 Å². The number of hydrogen-bond acceptors (Lipinski definition) is 6. The fourth-order valence-electron chi connectivity index (χ4n) is 4.71. The van der Waals surface area contributed by atoms with Crippen LogP contribution in [0.15, 0.2) is 30.3 Å². The average molecular weight is 371 g/mol. The van der Waals surface area contributed by atoms with E-state index >= 15 is 0 Å². The Morgan fingerprint density at radius 3 is 2.56 bits per heavy atom. The lowest BCUT2D eigenvalue weighted by Gasteiger charge is -2.33. The third kappa shape index (κ3) is 3.84. The van der Waals surface area contributed by atoms with Crippen LogP contribution >= 0.6 is 0 Å². The molecule has 27 heavy (non-hydrogen) atoms. The third-order valence-corrected chi connectivity index (χ3v) is 6.22. The van der Waals surface area contributed by atoms with Gasteiger partial charge in [-0.25, -0.2) is 4.68 Å². The topological polar surface area (TPSA) is 82.1 Å². The van der Waals surface area contributed by atoms with Crippen molar-refractivity contribution in [2.75, 3.05) is 11.5 Å². The highest BCUT2D eigenvalue weighted by Crippen LogP contribution is 2.35. The minimum Gasteiger partial charge on any atom is -0.376 e. The molecule has 2 aliphatic rings. The number of rotatable bonds is 5. The van der Waals surface area contributed by atoms with E-state index in [0.717, 1.165) is 25.2 Å². The predicted molar refractivity (Wildman–Crippen MR) is 105 cm³/mol. The third-order valence-electron chi connectivity index (χ3n) is 6.22. The molecular formula is C20H30N6O. The normalized spacial score (nSPS) is 31.4. The van der Waals surface area contributed by atoms with E-state index in [9.17, 15) is 0 Å². The molecule has 1 aliphatic heterocycles. The minimum atomic E-state index is 0.0809. The molecule has 1 saturated carbocycles. The molecular weight excluding hydrogens is 340 g/mol. The Bertz CT molecular complexity index is 727. The van der Waals surface area contributed by atoms with Crippen LogP contribution in [0.5, 0.6) is 0 Å². The van der Waals surface area contributed by atoms with Crippen molar-refractivity contribution >= 4 is 5.95 Å². The molecule has 0 spiro atoms. The zero-order chi connectivity index (χ0) is 18.8. The van der Waals surface area contributed by atoms with Gasteiger partial charge in [-0.3, -0.25) is 0 Å². The second-order valence-electron chi connectivity index (χ2n) is 8.04. The van der Waals surface area contributed by atoms with E-state index in [1.165, 1.54) is 18.4 Å². The molecule has 1 aliphatic carbocycles. The summed E-state index contributed by atoms with van der Waals surface area (Å²) in [6, 6.07) is 11.4. The van der Waals surface area contributed by atoms with Gasteiger partial charge in [-0.05, 0) is 60.9 Å². The van der Waals surface area contributed by atoms with Crippen molar-refractivity contribution in [1.82, 2.24) is 20.2 Å².